The molecule has 0 saturated carbocycles. The molecule has 1 atom stereocenters. The van der Waals surface area contributed by atoms with E-state index in [9.17, 15) is 0 Å². The quantitative estimate of drug-likeness (QED) is 0.477. The van der Waals surface area contributed by atoms with Gasteiger partial charge in [-0.3, -0.25) is 11.3 Å². The van der Waals surface area contributed by atoms with E-state index in [1.54, 1.807) is 6.26 Å². The van der Waals surface area contributed by atoms with E-state index >= 15 is 0 Å². The smallest absolute Gasteiger partial charge is 0.105 e. The number of hydrogen-bond donors (Lipinski definition) is 2. The van der Waals surface area contributed by atoms with Crippen LogP contribution in [0.4, 0.5) is 0 Å². The summed E-state index contributed by atoms with van der Waals surface area (Å²) in [7, 11) is 0. The van der Waals surface area contributed by atoms with E-state index in [1.807, 2.05) is 23.9 Å². The van der Waals surface area contributed by atoms with Crippen molar-refractivity contribution in [2.24, 2.45) is 5.84 Å². The van der Waals surface area contributed by atoms with Gasteiger partial charge in [0.25, 0.3) is 0 Å². The molecule has 0 aliphatic rings. The topological polar surface area (TPSA) is 51.2 Å². The summed E-state index contributed by atoms with van der Waals surface area (Å²) in [6.45, 7) is 2.15. The SMILES string of the molecule is CCSc1ccc(C(Cc2ccco2)NN)cc1. The van der Waals surface area contributed by atoms with Crippen molar-refractivity contribution in [1.29, 1.82) is 0 Å². The highest BCUT2D eigenvalue weighted by Gasteiger charge is 2.12. The number of hydrogen-bond acceptors (Lipinski definition) is 4. The molecule has 1 unspecified atom stereocenters. The molecule has 1 aromatic carbocycles. The van der Waals surface area contributed by atoms with Crippen molar-refractivity contribution < 1.29 is 4.42 Å². The first-order valence-corrected chi connectivity index (χ1v) is 7.03. The molecule has 0 saturated heterocycles. The molecule has 4 heteroatoms. The van der Waals surface area contributed by atoms with Gasteiger partial charge in [-0.05, 0) is 35.6 Å². The maximum absolute atomic E-state index is 5.62. The zero-order valence-corrected chi connectivity index (χ0v) is 11.2. The highest BCUT2D eigenvalue weighted by atomic mass is 32.2. The summed E-state index contributed by atoms with van der Waals surface area (Å²) in [5, 5.41) is 0. The molecule has 18 heavy (non-hydrogen) atoms. The molecule has 1 heterocycles. The van der Waals surface area contributed by atoms with Gasteiger partial charge < -0.3 is 4.42 Å². The van der Waals surface area contributed by atoms with Crippen LogP contribution in [0.25, 0.3) is 0 Å². The molecule has 2 aromatic rings. The third kappa shape index (κ3) is 3.38. The summed E-state index contributed by atoms with van der Waals surface area (Å²) < 4.78 is 5.35. The molecular formula is C14H18N2OS. The fraction of sp³-hybridized carbons (Fsp3) is 0.286. The van der Waals surface area contributed by atoms with Crippen LogP contribution in [0.1, 0.15) is 24.3 Å². The van der Waals surface area contributed by atoms with E-state index in [2.05, 4.69) is 36.6 Å². The Bertz CT molecular complexity index is 453. The number of thioether (sulfide) groups is 1. The second-order valence-corrected chi connectivity index (χ2v) is 5.34. The lowest BCUT2D eigenvalue weighted by atomic mass is 10.0. The van der Waals surface area contributed by atoms with Crippen molar-refractivity contribution in [3.05, 3.63) is 54.0 Å². The first-order valence-electron chi connectivity index (χ1n) is 6.04. The summed E-state index contributed by atoms with van der Waals surface area (Å²) in [4.78, 5) is 1.29. The molecule has 0 spiro atoms. The van der Waals surface area contributed by atoms with Gasteiger partial charge in [-0.1, -0.05) is 19.1 Å². The molecule has 0 aliphatic carbocycles. The Kier molecular flexibility index (Phi) is 4.87. The Balaban J connectivity index is 2.07. The number of furan rings is 1. The van der Waals surface area contributed by atoms with Crippen LogP contribution in [-0.4, -0.2) is 5.75 Å². The summed E-state index contributed by atoms with van der Waals surface area (Å²) in [6, 6.07) is 12.4. The molecule has 0 radical (unpaired) electrons. The number of hydrazine groups is 1. The number of nitrogens with one attached hydrogen (secondary N) is 1. The van der Waals surface area contributed by atoms with Crippen molar-refractivity contribution in [2.45, 2.75) is 24.3 Å². The van der Waals surface area contributed by atoms with Crippen molar-refractivity contribution in [3.8, 4) is 0 Å². The van der Waals surface area contributed by atoms with Crippen LogP contribution in [0, 0.1) is 0 Å². The average molecular weight is 262 g/mol. The van der Waals surface area contributed by atoms with E-state index in [-0.39, 0.29) is 6.04 Å². The first kappa shape index (κ1) is 13.2. The van der Waals surface area contributed by atoms with Crippen LogP contribution < -0.4 is 11.3 Å². The van der Waals surface area contributed by atoms with Gasteiger partial charge in [0.05, 0.1) is 12.3 Å². The lowest BCUT2D eigenvalue weighted by molar-refractivity contribution is 0.454. The van der Waals surface area contributed by atoms with Crippen molar-refractivity contribution in [2.75, 3.05) is 5.75 Å². The third-order valence-corrected chi connectivity index (χ3v) is 3.67. The Morgan fingerprint density at radius 2 is 2.06 bits per heavy atom. The Hall–Kier alpha value is -1.23. The monoisotopic (exact) mass is 262 g/mol. The Labute approximate surface area is 112 Å². The summed E-state index contributed by atoms with van der Waals surface area (Å²) >= 11 is 1.84. The summed E-state index contributed by atoms with van der Waals surface area (Å²) in [5.41, 5.74) is 4.02. The van der Waals surface area contributed by atoms with Gasteiger partial charge in [0.1, 0.15) is 5.76 Å². The molecule has 2 rings (SSSR count). The second kappa shape index (κ2) is 6.64. The van der Waals surface area contributed by atoms with Crippen LogP contribution >= 0.6 is 11.8 Å². The minimum Gasteiger partial charge on any atom is -0.469 e. The number of nitrogens with two attached hydrogens (primary N) is 1. The lowest BCUT2D eigenvalue weighted by Crippen LogP contribution is -2.29. The molecule has 3 N–H and O–H groups in total. The van der Waals surface area contributed by atoms with Crippen LogP contribution in [0.3, 0.4) is 0 Å². The van der Waals surface area contributed by atoms with E-state index in [1.165, 1.54) is 10.5 Å². The van der Waals surface area contributed by atoms with E-state index in [4.69, 9.17) is 10.3 Å². The second-order valence-electron chi connectivity index (χ2n) is 4.00. The van der Waals surface area contributed by atoms with Gasteiger partial charge in [0, 0.05) is 11.3 Å². The first-order chi connectivity index (χ1) is 8.83. The zero-order valence-electron chi connectivity index (χ0n) is 10.4. The van der Waals surface area contributed by atoms with Crippen LogP contribution in [0.5, 0.6) is 0 Å². The number of benzene rings is 1. The Morgan fingerprint density at radius 3 is 2.61 bits per heavy atom. The van der Waals surface area contributed by atoms with E-state index in [0.717, 1.165) is 17.9 Å². The highest BCUT2D eigenvalue weighted by Crippen LogP contribution is 2.22. The maximum Gasteiger partial charge on any atom is 0.105 e. The van der Waals surface area contributed by atoms with E-state index in [0.29, 0.717) is 0 Å². The van der Waals surface area contributed by atoms with Crippen molar-refractivity contribution >= 4 is 11.8 Å². The van der Waals surface area contributed by atoms with Gasteiger partial charge in [0.15, 0.2) is 0 Å². The van der Waals surface area contributed by atoms with Crippen LogP contribution in [0.2, 0.25) is 0 Å². The van der Waals surface area contributed by atoms with Crippen LogP contribution in [0.15, 0.2) is 52.0 Å². The van der Waals surface area contributed by atoms with Crippen molar-refractivity contribution in [3.63, 3.8) is 0 Å². The van der Waals surface area contributed by atoms with E-state index < -0.39 is 0 Å². The fourth-order valence-corrected chi connectivity index (χ4v) is 2.53. The third-order valence-electron chi connectivity index (χ3n) is 2.78. The van der Waals surface area contributed by atoms with Gasteiger partial charge in [0.2, 0.25) is 0 Å². The normalized spacial score (nSPS) is 12.6. The van der Waals surface area contributed by atoms with Gasteiger partial charge in [-0.2, -0.15) is 0 Å². The molecule has 0 bridgehead atoms. The highest BCUT2D eigenvalue weighted by molar-refractivity contribution is 7.99. The molecule has 1 aromatic heterocycles. The van der Waals surface area contributed by atoms with Gasteiger partial charge in [-0.25, -0.2) is 0 Å². The minimum atomic E-state index is 0.0804. The zero-order chi connectivity index (χ0) is 12.8. The van der Waals surface area contributed by atoms with Gasteiger partial charge >= 0.3 is 0 Å². The minimum absolute atomic E-state index is 0.0804. The molecule has 0 fully saturated rings. The molecule has 0 amide bonds. The summed E-state index contributed by atoms with van der Waals surface area (Å²) in [5.74, 6) is 7.64. The lowest BCUT2D eigenvalue weighted by Gasteiger charge is -2.15. The fourth-order valence-electron chi connectivity index (χ4n) is 1.87. The molecule has 3 nitrogen and oxygen atoms in total. The predicted octanol–water partition coefficient (Wildman–Crippen LogP) is 3.14. The molecule has 96 valence electrons. The number of rotatable bonds is 6. The van der Waals surface area contributed by atoms with Gasteiger partial charge in [-0.15, -0.1) is 11.8 Å². The maximum atomic E-state index is 5.62. The van der Waals surface area contributed by atoms with Crippen LogP contribution in [-0.2, 0) is 6.42 Å². The van der Waals surface area contributed by atoms with Crippen molar-refractivity contribution in [1.82, 2.24) is 5.43 Å². The standard InChI is InChI=1S/C14H18N2OS/c1-2-18-13-7-5-11(6-8-13)14(16-15)10-12-4-3-9-17-12/h3-9,14,16H,2,10,15H2,1H3. The largest absolute Gasteiger partial charge is 0.469 e. The predicted molar refractivity (Wildman–Crippen MR) is 75.3 cm³/mol. The molecule has 0 aliphatic heterocycles. The Morgan fingerprint density at radius 1 is 1.28 bits per heavy atom. The molecular weight excluding hydrogens is 244 g/mol. The average Bonchev–Trinajstić information content (AvgIpc) is 2.90. The summed E-state index contributed by atoms with van der Waals surface area (Å²) in [6.07, 6.45) is 2.44.